The first-order chi connectivity index (χ1) is 12.1. The van der Waals surface area contributed by atoms with E-state index in [4.69, 9.17) is 11.6 Å². The number of Topliss-reactive ketones (excluding diaryl/α,β-unsaturated/α-hetero) is 1. The zero-order valence-corrected chi connectivity index (χ0v) is 16.8. The fraction of sp³-hybridized carbons (Fsp3) is 0.263. The summed E-state index contributed by atoms with van der Waals surface area (Å²) in [6, 6.07) is 14.5. The van der Waals surface area contributed by atoms with Crippen LogP contribution >= 0.6 is 35.8 Å². The summed E-state index contributed by atoms with van der Waals surface area (Å²) in [5.74, 6) is 0.364. The van der Waals surface area contributed by atoms with Crippen LogP contribution in [0, 0.1) is 0 Å². The van der Waals surface area contributed by atoms with E-state index >= 15 is 0 Å². The molecule has 0 spiro atoms. The number of anilines is 1. The van der Waals surface area contributed by atoms with Crippen molar-refractivity contribution in [1.82, 2.24) is 5.32 Å². The number of hydrogen-bond acceptors (Lipinski definition) is 4. The number of halogens is 2. The maximum Gasteiger partial charge on any atom is 0.234 e. The van der Waals surface area contributed by atoms with Crippen LogP contribution in [0.25, 0.3) is 0 Å². The van der Waals surface area contributed by atoms with Gasteiger partial charge in [0.05, 0.1) is 11.5 Å². The van der Waals surface area contributed by atoms with Crippen LogP contribution in [0.15, 0.2) is 48.5 Å². The van der Waals surface area contributed by atoms with Crippen molar-refractivity contribution in [1.29, 1.82) is 0 Å². The molecule has 1 amide bonds. The summed E-state index contributed by atoms with van der Waals surface area (Å²) in [5, 5.41) is 6.76. The highest BCUT2D eigenvalue weighted by atomic mass is 35.5. The highest BCUT2D eigenvalue weighted by Crippen LogP contribution is 2.16. The second kappa shape index (κ2) is 12.0. The second-order valence-electron chi connectivity index (χ2n) is 5.41. The molecule has 0 aliphatic heterocycles. The van der Waals surface area contributed by atoms with E-state index in [-0.39, 0.29) is 35.6 Å². The van der Waals surface area contributed by atoms with Crippen LogP contribution in [0.3, 0.4) is 0 Å². The molecule has 0 aliphatic rings. The third-order valence-electron chi connectivity index (χ3n) is 3.49. The minimum absolute atomic E-state index is 0. The zero-order chi connectivity index (χ0) is 18.1. The van der Waals surface area contributed by atoms with Crippen molar-refractivity contribution < 1.29 is 9.59 Å². The van der Waals surface area contributed by atoms with Crippen molar-refractivity contribution in [3.63, 3.8) is 0 Å². The van der Waals surface area contributed by atoms with Gasteiger partial charge in [-0.3, -0.25) is 9.59 Å². The van der Waals surface area contributed by atoms with Crippen LogP contribution in [-0.4, -0.2) is 29.7 Å². The van der Waals surface area contributed by atoms with Crippen LogP contribution in [0.1, 0.15) is 22.8 Å². The summed E-state index contributed by atoms with van der Waals surface area (Å²) in [4.78, 5) is 24.2. The molecular weight excluding hydrogens is 391 g/mol. The topological polar surface area (TPSA) is 58.2 Å². The first-order valence-corrected chi connectivity index (χ1v) is 9.58. The summed E-state index contributed by atoms with van der Waals surface area (Å²) in [6.07, 6.45) is 0. The largest absolute Gasteiger partial charge is 0.325 e. The van der Waals surface area contributed by atoms with E-state index < -0.39 is 0 Å². The molecule has 0 heterocycles. The van der Waals surface area contributed by atoms with Gasteiger partial charge < -0.3 is 10.6 Å². The van der Waals surface area contributed by atoms with Gasteiger partial charge in [-0.25, -0.2) is 0 Å². The Morgan fingerprint density at radius 2 is 1.73 bits per heavy atom. The Labute approximate surface area is 169 Å². The number of carbonyl (C=O) groups is 2. The molecule has 7 heteroatoms. The van der Waals surface area contributed by atoms with Crippen LogP contribution in [0.4, 0.5) is 5.69 Å². The van der Waals surface area contributed by atoms with Gasteiger partial charge in [-0.1, -0.05) is 36.7 Å². The van der Waals surface area contributed by atoms with E-state index in [2.05, 4.69) is 10.6 Å². The van der Waals surface area contributed by atoms with Crippen molar-refractivity contribution >= 4 is 53.1 Å². The summed E-state index contributed by atoms with van der Waals surface area (Å²) >= 11 is 7.11. The number of para-hydroxylation sites is 1. The van der Waals surface area contributed by atoms with Gasteiger partial charge in [0, 0.05) is 22.8 Å². The minimum Gasteiger partial charge on any atom is -0.325 e. The molecule has 2 aromatic rings. The van der Waals surface area contributed by atoms with Gasteiger partial charge >= 0.3 is 0 Å². The SMILES string of the molecule is CCNCc1ccccc1NC(=O)CSCC(=O)c1ccc(Cl)cc1.Cl. The molecule has 0 bridgehead atoms. The molecular formula is C19H22Cl2N2O2S. The lowest BCUT2D eigenvalue weighted by Gasteiger charge is -2.11. The smallest absolute Gasteiger partial charge is 0.234 e. The fourth-order valence-electron chi connectivity index (χ4n) is 2.20. The monoisotopic (exact) mass is 412 g/mol. The summed E-state index contributed by atoms with van der Waals surface area (Å²) in [7, 11) is 0. The molecule has 2 aromatic carbocycles. The molecule has 0 radical (unpaired) electrons. The first kappa shape index (κ1) is 22.5. The lowest BCUT2D eigenvalue weighted by molar-refractivity contribution is -0.113. The van der Waals surface area contributed by atoms with E-state index in [1.165, 1.54) is 11.8 Å². The van der Waals surface area contributed by atoms with E-state index in [1.807, 2.05) is 31.2 Å². The number of hydrogen-bond donors (Lipinski definition) is 2. The molecule has 0 saturated carbocycles. The summed E-state index contributed by atoms with van der Waals surface area (Å²) in [5.41, 5.74) is 2.45. The molecule has 4 nitrogen and oxygen atoms in total. The van der Waals surface area contributed by atoms with Crippen molar-refractivity contribution in [2.45, 2.75) is 13.5 Å². The molecule has 2 N–H and O–H groups in total. The van der Waals surface area contributed by atoms with Gasteiger partial charge in [-0.05, 0) is 42.4 Å². The Morgan fingerprint density at radius 3 is 2.42 bits per heavy atom. The first-order valence-electron chi connectivity index (χ1n) is 8.05. The Bertz CT molecular complexity index is 724. The molecule has 140 valence electrons. The average molecular weight is 413 g/mol. The Morgan fingerprint density at radius 1 is 1.04 bits per heavy atom. The maximum absolute atomic E-state index is 12.1. The quantitative estimate of drug-likeness (QED) is 0.598. The predicted molar refractivity (Wildman–Crippen MR) is 113 cm³/mol. The fourth-order valence-corrected chi connectivity index (χ4v) is 3.04. The number of rotatable bonds is 9. The van der Waals surface area contributed by atoms with Crippen molar-refractivity contribution in [3.05, 3.63) is 64.7 Å². The molecule has 0 fully saturated rings. The number of benzene rings is 2. The molecule has 0 aliphatic carbocycles. The molecule has 26 heavy (non-hydrogen) atoms. The maximum atomic E-state index is 12.1. The van der Waals surface area contributed by atoms with Gasteiger partial charge in [0.15, 0.2) is 5.78 Å². The number of ketones is 1. The predicted octanol–water partition coefficient (Wildman–Crippen LogP) is 4.43. The number of amides is 1. The lowest BCUT2D eigenvalue weighted by atomic mass is 10.1. The van der Waals surface area contributed by atoms with Gasteiger partial charge in [-0.15, -0.1) is 24.2 Å². The third kappa shape index (κ3) is 7.38. The van der Waals surface area contributed by atoms with Crippen LogP contribution in [-0.2, 0) is 11.3 Å². The molecule has 0 atom stereocenters. The van der Waals surface area contributed by atoms with Crippen LogP contribution < -0.4 is 10.6 Å². The van der Waals surface area contributed by atoms with E-state index in [0.717, 1.165) is 17.8 Å². The Balaban J connectivity index is 0.00000338. The van der Waals surface area contributed by atoms with Gasteiger partial charge in [-0.2, -0.15) is 0 Å². The minimum atomic E-state index is -0.113. The van der Waals surface area contributed by atoms with E-state index in [1.54, 1.807) is 24.3 Å². The normalized spacial score (nSPS) is 10.1. The Kier molecular flexibility index (Phi) is 10.4. The Hall–Kier alpha value is -1.53. The van der Waals surface area contributed by atoms with Crippen LogP contribution in [0.2, 0.25) is 5.02 Å². The van der Waals surface area contributed by atoms with Gasteiger partial charge in [0.1, 0.15) is 0 Å². The van der Waals surface area contributed by atoms with Crippen molar-refractivity contribution in [2.75, 3.05) is 23.4 Å². The van der Waals surface area contributed by atoms with Crippen LogP contribution in [0.5, 0.6) is 0 Å². The molecule has 2 rings (SSSR count). The summed E-state index contributed by atoms with van der Waals surface area (Å²) in [6.45, 7) is 3.61. The van der Waals surface area contributed by atoms with E-state index in [9.17, 15) is 9.59 Å². The standard InChI is InChI=1S/C19H21ClN2O2S.ClH/c1-2-21-11-15-5-3-4-6-17(15)22-19(24)13-25-12-18(23)14-7-9-16(20)10-8-14;/h3-10,21H,2,11-13H2,1H3,(H,22,24);1H. The highest BCUT2D eigenvalue weighted by molar-refractivity contribution is 8.00. The second-order valence-corrected chi connectivity index (χ2v) is 6.83. The molecule has 0 saturated heterocycles. The van der Waals surface area contributed by atoms with Gasteiger partial charge in [0.25, 0.3) is 0 Å². The van der Waals surface area contributed by atoms with E-state index in [0.29, 0.717) is 17.1 Å². The summed E-state index contributed by atoms with van der Waals surface area (Å²) < 4.78 is 0. The van der Waals surface area contributed by atoms with Crippen molar-refractivity contribution in [2.24, 2.45) is 0 Å². The molecule has 0 unspecified atom stereocenters. The molecule has 0 aromatic heterocycles. The highest BCUT2D eigenvalue weighted by Gasteiger charge is 2.10. The number of carbonyl (C=O) groups excluding carboxylic acids is 2. The van der Waals surface area contributed by atoms with Gasteiger partial charge in [0.2, 0.25) is 5.91 Å². The number of nitrogens with one attached hydrogen (secondary N) is 2. The van der Waals surface area contributed by atoms with Crippen molar-refractivity contribution in [3.8, 4) is 0 Å². The number of thioether (sulfide) groups is 1. The third-order valence-corrected chi connectivity index (χ3v) is 4.67. The average Bonchev–Trinajstić information content (AvgIpc) is 2.61. The zero-order valence-electron chi connectivity index (χ0n) is 14.5. The lowest BCUT2D eigenvalue weighted by Crippen LogP contribution is -2.19.